The van der Waals surface area contributed by atoms with Crippen LogP contribution in [0.3, 0.4) is 0 Å². The zero-order chi connectivity index (χ0) is 22.2. The molecule has 0 bridgehead atoms. The van der Waals surface area contributed by atoms with Crippen molar-refractivity contribution < 1.29 is 22.5 Å². The van der Waals surface area contributed by atoms with Gasteiger partial charge in [0.05, 0.1) is 18.7 Å². The Kier molecular flexibility index (Phi) is 9.28. The number of aromatic nitrogens is 2. The van der Waals surface area contributed by atoms with Crippen molar-refractivity contribution in [3.05, 3.63) is 11.7 Å². The zero-order valence-corrected chi connectivity index (χ0v) is 19.6. The van der Waals surface area contributed by atoms with Gasteiger partial charge in [-0.25, -0.2) is 13.1 Å². The highest BCUT2D eigenvalue weighted by atomic mass is 32.2. The maximum absolute atomic E-state index is 12.4. The molecule has 0 saturated heterocycles. The van der Waals surface area contributed by atoms with Crippen LogP contribution in [0.15, 0.2) is 4.52 Å². The van der Waals surface area contributed by atoms with E-state index >= 15 is 0 Å². The lowest BCUT2D eigenvalue weighted by Crippen LogP contribution is -2.25. The fourth-order valence-corrected chi connectivity index (χ4v) is 4.36. The number of carbonyl (C=O) groups is 1. The summed E-state index contributed by atoms with van der Waals surface area (Å²) in [5.41, 5.74) is -0.553. The first kappa shape index (κ1) is 24.8. The second-order valence-electron chi connectivity index (χ2n) is 9.20. The van der Waals surface area contributed by atoms with Crippen LogP contribution in [-0.4, -0.2) is 35.9 Å². The lowest BCUT2D eigenvalue weighted by molar-refractivity contribution is -0.155. The Bertz CT molecular complexity index is 764. The van der Waals surface area contributed by atoms with E-state index in [4.69, 9.17) is 9.26 Å². The van der Waals surface area contributed by atoms with Crippen molar-refractivity contribution in [1.82, 2.24) is 14.9 Å². The molecule has 1 heterocycles. The third kappa shape index (κ3) is 9.12. The van der Waals surface area contributed by atoms with Gasteiger partial charge in [0.25, 0.3) is 0 Å². The molecule has 0 radical (unpaired) electrons. The molecule has 30 heavy (non-hydrogen) atoms. The highest BCUT2D eigenvalue weighted by Gasteiger charge is 2.26. The van der Waals surface area contributed by atoms with Gasteiger partial charge in [-0.15, -0.1) is 0 Å². The molecule has 1 N–H and O–H groups in total. The van der Waals surface area contributed by atoms with Gasteiger partial charge in [0, 0.05) is 5.92 Å². The van der Waals surface area contributed by atoms with Gasteiger partial charge in [0.1, 0.15) is 5.60 Å². The van der Waals surface area contributed by atoms with Gasteiger partial charge >= 0.3 is 5.97 Å². The number of ether oxygens (including phenoxy) is 1. The number of hydrogen-bond acceptors (Lipinski definition) is 7. The topological polar surface area (TPSA) is 111 Å². The molecule has 1 saturated carbocycles. The van der Waals surface area contributed by atoms with E-state index in [0.717, 1.165) is 25.2 Å². The molecule has 1 aliphatic rings. The minimum atomic E-state index is -3.34. The van der Waals surface area contributed by atoms with Crippen LogP contribution in [0.4, 0.5) is 0 Å². The Morgan fingerprint density at radius 3 is 2.60 bits per heavy atom. The number of rotatable bonds is 11. The Balaban J connectivity index is 1.99. The van der Waals surface area contributed by atoms with Crippen LogP contribution < -0.4 is 4.72 Å². The number of sulfonamides is 1. The molecule has 1 fully saturated rings. The Hall–Kier alpha value is -1.48. The molecule has 9 heteroatoms. The SMILES string of the molecule is CCS(=O)(=O)NCc1noc([C@@H](CCCC2CCCCC2)CC(=O)OC(C)(C)C)n1. The van der Waals surface area contributed by atoms with Crippen molar-refractivity contribution in [3.8, 4) is 0 Å². The van der Waals surface area contributed by atoms with Crippen LogP contribution in [-0.2, 0) is 26.1 Å². The van der Waals surface area contributed by atoms with Crippen molar-refractivity contribution >= 4 is 16.0 Å². The van der Waals surface area contributed by atoms with Crippen molar-refractivity contribution in [3.63, 3.8) is 0 Å². The Labute approximate surface area is 180 Å². The lowest BCUT2D eigenvalue weighted by Gasteiger charge is -2.23. The largest absolute Gasteiger partial charge is 0.460 e. The highest BCUT2D eigenvalue weighted by Crippen LogP contribution is 2.31. The molecule has 172 valence electrons. The second kappa shape index (κ2) is 11.2. The number of nitrogens with one attached hydrogen (secondary N) is 1. The summed E-state index contributed by atoms with van der Waals surface area (Å²) in [5, 5.41) is 3.89. The summed E-state index contributed by atoms with van der Waals surface area (Å²) >= 11 is 0. The van der Waals surface area contributed by atoms with Crippen LogP contribution in [0.2, 0.25) is 0 Å². The summed E-state index contributed by atoms with van der Waals surface area (Å²) in [5.74, 6) is 0.866. The quantitative estimate of drug-likeness (QED) is 0.513. The van der Waals surface area contributed by atoms with E-state index in [9.17, 15) is 13.2 Å². The minimum Gasteiger partial charge on any atom is -0.460 e. The average molecular weight is 444 g/mol. The maximum atomic E-state index is 12.4. The van der Waals surface area contributed by atoms with Crippen LogP contribution in [0.5, 0.6) is 0 Å². The van der Waals surface area contributed by atoms with Gasteiger partial charge in [-0.05, 0) is 40.0 Å². The van der Waals surface area contributed by atoms with Gasteiger partial charge in [-0.2, -0.15) is 4.98 Å². The molecule has 1 aromatic rings. The Morgan fingerprint density at radius 1 is 1.27 bits per heavy atom. The summed E-state index contributed by atoms with van der Waals surface area (Å²) in [4.78, 5) is 16.8. The number of esters is 1. The van der Waals surface area contributed by atoms with E-state index in [-0.39, 0.29) is 36.4 Å². The fraction of sp³-hybridized carbons (Fsp3) is 0.857. The van der Waals surface area contributed by atoms with Gasteiger partial charge in [-0.1, -0.05) is 50.1 Å². The monoisotopic (exact) mass is 443 g/mol. The van der Waals surface area contributed by atoms with Crippen LogP contribution >= 0.6 is 0 Å². The van der Waals surface area contributed by atoms with E-state index in [1.54, 1.807) is 6.92 Å². The summed E-state index contributed by atoms with van der Waals surface area (Å²) < 4.78 is 36.6. The van der Waals surface area contributed by atoms with Crippen LogP contribution in [0, 0.1) is 5.92 Å². The van der Waals surface area contributed by atoms with Crippen molar-refractivity contribution in [2.24, 2.45) is 5.92 Å². The lowest BCUT2D eigenvalue weighted by atomic mass is 9.84. The standard InChI is InChI=1S/C21H37N3O5S/c1-5-30(26,27)22-15-18-23-20(29-24-18)17(14-19(25)28-21(2,3)4)13-9-12-16-10-7-6-8-11-16/h16-17,22H,5-15H2,1-4H3/t17-/m0/s1. The van der Waals surface area contributed by atoms with Gasteiger partial charge in [0.15, 0.2) is 5.82 Å². The molecule has 0 aromatic carbocycles. The van der Waals surface area contributed by atoms with Crippen LogP contribution in [0.25, 0.3) is 0 Å². The first-order chi connectivity index (χ1) is 14.1. The van der Waals surface area contributed by atoms with Gasteiger partial charge in [0.2, 0.25) is 15.9 Å². The second-order valence-corrected chi connectivity index (χ2v) is 11.3. The van der Waals surface area contributed by atoms with Crippen molar-refractivity contribution in [1.29, 1.82) is 0 Å². The van der Waals surface area contributed by atoms with Gasteiger partial charge < -0.3 is 9.26 Å². The molecule has 0 aliphatic heterocycles. The Morgan fingerprint density at radius 2 is 1.97 bits per heavy atom. The zero-order valence-electron chi connectivity index (χ0n) is 18.8. The molecule has 8 nitrogen and oxygen atoms in total. The first-order valence-electron chi connectivity index (χ1n) is 11.1. The fourth-order valence-electron chi connectivity index (χ4n) is 3.81. The third-order valence-electron chi connectivity index (χ3n) is 5.39. The number of nitrogens with zero attached hydrogens (tertiary/aromatic N) is 2. The molecular formula is C21H37N3O5S. The predicted molar refractivity (Wildman–Crippen MR) is 114 cm³/mol. The van der Waals surface area contributed by atoms with Crippen molar-refractivity contribution in [2.45, 2.75) is 104 Å². The summed E-state index contributed by atoms with van der Waals surface area (Å²) in [7, 11) is -3.34. The maximum Gasteiger partial charge on any atom is 0.307 e. The van der Waals surface area contributed by atoms with Crippen molar-refractivity contribution in [2.75, 3.05) is 5.75 Å². The van der Waals surface area contributed by atoms with Crippen LogP contribution in [0.1, 0.15) is 103 Å². The first-order valence-corrected chi connectivity index (χ1v) is 12.7. The number of carbonyl (C=O) groups excluding carboxylic acids is 1. The normalized spacial score (nSPS) is 17.1. The molecule has 2 rings (SSSR count). The van der Waals surface area contributed by atoms with E-state index in [2.05, 4.69) is 14.9 Å². The summed E-state index contributed by atoms with van der Waals surface area (Å²) in [6.45, 7) is 7.06. The molecule has 1 aromatic heterocycles. The predicted octanol–water partition coefficient (Wildman–Crippen LogP) is 4.07. The smallest absolute Gasteiger partial charge is 0.307 e. The molecule has 0 spiro atoms. The third-order valence-corrected chi connectivity index (χ3v) is 6.73. The molecule has 1 aliphatic carbocycles. The average Bonchev–Trinajstić information content (AvgIpc) is 3.14. The van der Waals surface area contributed by atoms with E-state index in [1.165, 1.54) is 32.1 Å². The van der Waals surface area contributed by atoms with E-state index < -0.39 is 15.6 Å². The van der Waals surface area contributed by atoms with Gasteiger partial charge in [-0.3, -0.25) is 4.79 Å². The van der Waals surface area contributed by atoms with E-state index in [0.29, 0.717) is 5.89 Å². The number of hydrogen-bond donors (Lipinski definition) is 1. The summed E-state index contributed by atoms with van der Waals surface area (Å²) in [6, 6.07) is 0. The molecule has 0 amide bonds. The summed E-state index contributed by atoms with van der Waals surface area (Å²) in [6.07, 6.45) is 9.60. The molecule has 0 unspecified atom stereocenters. The molecular weight excluding hydrogens is 406 g/mol. The minimum absolute atomic E-state index is 0.0137. The molecule has 1 atom stereocenters. The highest BCUT2D eigenvalue weighted by molar-refractivity contribution is 7.89. The van der Waals surface area contributed by atoms with E-state index in [1.807, 2.05) is 20.8 Å².